The van der Waals surface area contributed by atoms with Crippen LogP contribution in [0.25, 0.3) is 0 Å². The number of rotatable bonds is 2. The predicted octanol–water partition coefficient (Wildman–Crippen LogP) is 1.25. The van der Waals surface area contributed by atoms with Crippen LogP contribution in [0.4, 0.5) is 11.5 Å². The van der Waals surface area contributed by atoms with E-state index < -0.39 is 12.0 Å². The van der Waals surface area contributed by atoms with Gasteiger partial charge in [-0.1, -0.05) is 11.8 Å². The number of nitrogens with two attached hydrogens (primary N) is 1. The molecule has 1 aromatic carbocycles. The van der Waals surface area contributed by atoms with E-state index in [2.05, 4.69) is 31.2 Å². The Balaban J connectivity index is 1.99. The van der Waals surface area contributed by atoms with E-state index in [1.807, 2.05) is 0 Å². The van der Waals surface area contributed by atoms with Gasteiger partial charge in [-0.15, -0.1) is 0 Å². The van der Waals surface area contributed by atoms with Gasteiger partial charge < -0.3 is 21.1 Å². The zero-order valence-corrected chi connectivity index (χ0v) is 12.8. The first-order chi connectivity index (χ1) is 9.94. The molecule has 0 radical (unpaired) electrons. The average molecular weight is 369 g/mol. The number of aliphatic hydroxyl groups is 1. The van der Waals surface area contributed by atoms with Gasteiger partial charge >= 0.3 is 0 Å². The second-order valence-corrected chi connectivity index (χ2v) is 6.22. The molecule has 1 unspecified atom stereocenters. The summed E-state index contributed by atoms with van der Waals surface area (Å²) in [6.07, 6.45) is -1.17. The number of amides is 1. The molecule has 1 amide bonds. The summed E-state index contributed by atoms with van der Waals surface area (Å²) in [7, 11) is 0. The first kappa shape index (κ1) is 14.1. The lowest BCUT2D eigenvalue weighted by molar-refractivity contribution is -0.123. The number of nitrogen functional groups attached to an aromatic ring is 1. The minimum Gasteiger partial charge on any atom is -0.383 e. The highest BCUT2D eigenvalue weighted by atomic mass is 79.9. The molecule has 3 rings (SSSR count). The smallest absolute Gasteiger partial charge is 0.257 e. The number of aromatic nitrogens is 2. The van der Waals surface area contributed by atoms with E-state index in [9.17, 15) is 14.7 Å². The topological polar surface area (TPSA) is 121 Å². The molecule has 2 aromatic rings. The Kier molecular flexibility index (Phi) is 3.47. The predicted molar refractivity (Wildman–Crippen MR) is 81.1 cm³/mol. The van der Waals surface area contributed by atoms with Gasteiger partial charge in [0.25, 0.3) is 11.5 Å². The molecule has 108 valence electrons. The molecule has 21 heavy (non-hydrogen) atoms. The van der Waals surface area contributed by atoms with Crippen LogP contribution in [-0.2, 0) is 4.79 Å². The van der Waals surface area contributed by atoms with Gasteiger partial charge in [-0.3, -0.25) is 9.59 Å². The summed E-state index contributed by atoms with van der Waals surface area (Å²) in [5.41, 5.74) is 6.23. The van der Waals surface area contributed by atoms with Crippen molar-refractivity contribution in [3.05, 3.63) is 38.6 Å². The number of halogens is 1. The van der Waals surface area contributed by atoms with Crippen LogP contribution in [0, 0.1) is 0 Å². The molecule has 1 aromatic heterocycles. The van der Waals surface area contributed by atoms with Gasteiger partial charge in [0.1, 0.15) is 5.82 Å². The third-order valence-electron chi connectivity index (χ3n) is 2.85. The minimum atomic E-state index is -1.17. The molecular formula is C12H9BrN4O3S. The number of benzene rings is 1. The number of fused-ring (bicyclic) bond motifs is 1. The van der Waals surface area contributed by atoms with E-state index >= 15 is 0 Å². The van der Waals surface area contributed by atoms with Gasteiger partial charge in [0.05, 0.1) is 0 Å². The number of hydrogen-bond donors (Lipinski definition) is 4. The van der Waals surface area contributed by atoms with E-state index in [1.54, 1.807) is 12.1 Å². The molecule has 1 aliphatic heterocycles. The quantitative estimate of drug-likeness (QED) is 0.592. The third-order valence-corrected chi connectivity index (χ3v) is 4.71. The van der Waals surface area contributed by atoms with Crippen molar-refractivity contribution in [1.82, 2.24) is 9.97 Å². The first-order valence-corrected chi connectivity index (χ1v) is 7.42. The first-order valence-electron chi connectivity index (χ1n) is 5.81. The molecule has 0 bridgehead atoms. The van der Waals surface area contributed by atoms with Crippen molar-refractivity contribution in [3.8, 4) is 0 Å². The van der Waals surface area contributed by atoms with Crippen LogP contribution in [0.2, 0.25) is 0 Å². The molecule has 0 saturated carbocycles. The summed E-state index contributed by atoms with van der Waals surface area (Å²) < 4.78 is 0.673. The lowest BCUT2D eigenvalue weighted by atomic mass is 10.1. The second-order valence-electron chi connectivity index (χ2n) is 4.34. The molecule has 1 aliphatic rings. The average Bonchev–Trinajstić information content (AvgIpc) is 2.65. The van der Waals surface area contributed by atoms with Crippen molar-refractivity contribution < 1.29 is 9.90 Å². The molecule has 5 N–H and O–H groups in total. The number of aromatic amines is 1. The number of nitrogens with zero attached hydrogens (tertiary/aromatic N) is 1. The Bertz CT molecular complexity index is 808. The number of carbonyl (C=O) groups is 1. The second kappa shape index (κ2) is 5.17. The molecule has 2 heterocycles. The van der Waals surface area contributed by atoms with Crippen LogP contribution >= 0.6 is 27.7 Å². The standard InChI is InChI=1S/C12H9BrN4O3S/c13-5-1-4-6(15-11(20)10(4)19)2-7(5)21-12-16-8(14)3-9(18)17-12/h1-3,10,19H,(H,15,20)(H3,14,16,17,18). The Morgan fingerprint density at radius 3 is 2.81 bits per heavy atom. The molecule has 0 spiro atoms. The Morgan fingerprint density at radius 2 is 2.10 bits per heavy atom. The third kappa shape index (κ3) is 2.67. The van der Waals surface area contributed by atoms with Gasteiger partial charge in [-0.2, -0.15) is 0 Å². The minimum absolute atomic E-state index is 0.127. The maximum Gasteiger partial charge on any atom is 0.257 e. The van der Waals surface area contributed by atoms with Crippen LogP contribution in [0.15, 0.2) is 37.5 Å². The summed E-state index contributed by atoms with van der Waals surface area (Å²) in [4.78, 5) is 30.1. The highest BCUT2D eigenvalue weighted by Crippen LogP contribution is 2.40. The molecule has 0 aliphatic carbocycles. The van der Waals surface area contributed by atoms with E-state index in [1.165, 1.54) is 17.8 Å². The van der Waals surface area contributed by atoms with Gasteiger partial charge in [0.2, 0.25) is 0 Å². The largest absolute Gasteiger partial charge is 0.383 e. The van der Waals surface area contributed by atoms with Crippen molar-refractivity contribution in [2.45, 2.75) is 16.2 Å². The fourth-order valence-electron chi connectivity index (χ4n) is 1.93. The summed E-state index contributed by atoms with van der Waals surface area (Å²) in [5.74, 6) is -0.336. The highest BCUT2D eigenvalue weighted by Gasteiger charge is 2.29. The molecule has 7 nitrogen and oxygen atoms in total. The fourth-order valence-corrected chi connectivity index (χ4v) is 3.38. The molecule has 0 saturated heterocycles. The van der Waals surface area contributed by atoms with E-state index in [0.29, 0.717) is 20.9 Å². The van der Waals surface area contributed by atoms with Crippen LogP contribution in [0.3, 0.4) is 0 Å². The van der Waals surface area contributed by atoms with Crippen LogP contribution < -0.4 is 16.6 Å². The SMILES string of the molecule is Nc1cc(=O)[nH]c(Sc2cc3c(cc2Br)C(O)C(=O)N3)n1. The zero-order chi connectivity index (χ0) is 15.1. The number of nitrogens with one attached hydrogen (secondary N) is 2. The lowest BCUT2D eigenvalue weighted by Crippen LogP contribution is -2.10. The summed E-state index contributed by atoms with van der Waals surface area (Å²) in [6, 6.07) is 4.55. The lowest BCUT2D eigenvalue weighted by Gasteiger charge is -2.08. The van der Waals surface area contributed by atoms with E-state index in [4.69, 9.17) is 5.73 Å². The Labute approximate surface area is 131 Å². The van der Waals surface area contributed by atoms with Gasteiger partial charge in [-0.05, 0) is 28.1 Å². The van der Waals surface area contributed by atoms with Crippen molar-refractivity contribution in [1.29, 1.82) is 0 Å². The van der Waals surface area contributed by atoms with Crippen LogP contribution in [0.5, 0.6) is 0 Å². The maximum absolute atomic E-state index is 11.4. The molecular weight excluding hydrogens is 360 g/mol. The van der Waals surface area contributed by atoms with Crippen LogP contribution in [-0.4, -0.2) is 21.0 Å². The Morgan fingerprint density at radius 1 is 1.33 bits per heavy atom. The normalized spacial score (nSPS) is 16.7. The molecule has 9 heteroatoms. The number of anilines is 2. The van der Waals surface area contributed by atoms with Crippen molar-refractivity contribution in [2.75, 3.05) is 11.1 Å². The van der Waals surface area contributed by atoms with Crippen molar-refractivity contribution in [2.24, 2.45) is 0 Å². The maximum atomic E-state index is 11.4. The highest BCUT2D eigenvalue weighted by molar-refractivity contribution is 9.10. The van der Waals surface area contributed by atoms with E-state index in [-0.39, 0.29) is 11.4 Å². The molecule has 0 fully saturated rings. The van der Waals surface area contributed by atoms with Gasteiger partial charge in [-0.25, -0.2) is 4.98 Å². The number of H-pyrrole nitrogens is 1. The molecule has 1 atom stereocenters. The summed E-state index contributed by atoms with van der Waals surface area (Å²) in [5, 5.41) is 12.6. The summed E-state index contributed by atoms with van der Waals surface area (Å²) in [6.45, 7) is 0. The fraction of sp³-hybridized carbons (Fsp3) is 0.0833. The summed E-state index contributed by atoms with van der Waals surface area (Å²) >= 11 is 4.55. The number of hydrogen-bond acceptors (Lipinski definition) is 6. The number of carbonyl (C=O) groups excluding carboxylic acids is 1. The van der Waals surface area contributed by atoms with E-state index in [0.717, 1.165) is 4.90 Å². The zero-order valence-electron chi connectivity index (χ0n) is 10.4. The van der Waals surface area contributed by atoms with Gasteiger partial charge in [0, 0.05) is 26.7 Å². The van der Waals surface area contributed by atoms with Gasteiger partial charge in [0.15, 0.2) is 11.3 Å². The monoisotopic (exact) mass is 368 g/mol. The Hall–Kier alpha value is -1.84. The van der Waals surface area contributed by atoms with Crippen molar-refractivity contribution in [3.63, 3.8) is 0 Å². The number of aliphatic hydroxyl groups excluding tert-OH is 1. The van der Waals surface area contributed by atoms with Crippen LogP contribution in [0.1, 0.15) is 11.7 Å². The van der Waals surface area contributed by atoms with Crippen molar-refractivity contribution >= 4 is 45.1 Å².